The minimum atomic E-state index is -3.80. The Balaban J connectivity index is 1.61. The number of nitrogens with zero attached hydrogens (tertiary/aromatic N) is 2. The Morgan fingerprint density at radius 2 is 1.97 bits per heavy atom. The molecular weight excluding hydrogens is 432 g/mol. The molecular formula is C19H21ClN4O5S. The van der Waals surface area contributed by atoms with E-state index in [0.717, 1.165) is 0 Å². The first-order valence-electron chi connectivity index (χ1n) is 9.16. The highest BCUT2D eigenvalue weighted by Gasteiger charge is 2.36. The zero-order valence-electron chi connectivity index (χ0n) is 16.2. The third-order valence-corrected chi connectivity index (χ3v) is 6.14. The number of pyridine rings is 1. The number of sulfonamides is 1. The lowest BCUT2D eigenvalue weighted by Gasteiger charge is -2.39. The van der Waals surface area contributed by atoms with Gasteiger partial charge in [0.05, 0.1) is 24.0 Å². The highest BCUT2D eigenvalue weighted by molar-refractivity contribution is 7.89. The van der Waals surface area contributed by atoms with Gasteiger partial charge in [-0.15, -0.1) is 0 Å². The summed E-state index contributed by atoms with van der Waals surface area (Å²) >= 11 is 6.24. The number of esters is 1. The molecule has 9 nitrogen and oxygen atoms in total. The standard InChI is InChI=1S/C19H21ClN4O5S/c1-2-29-19(26)14-8-22-17(15(20)16(14)21)24-9-13(10-24)18(25)23-30(27,28)11-12-6-4-3-5-7-12/h3-8,13H,2,9-11H2,1H3,(H2,21,22)(H,23,25). The van der Waals surface area contributed by atoms with Crippen LogP contribution in [0.1, 0.15) is 22.8 Å². The van der Waals surface area contributed by atoms with Crippen molar-refractivity contribution in [2.75, 3.05) is 30.3 Å². The highest BCUT2D eigenvalue weighted by atomic mass is 35.5. The number of hydrogen-bond acceptors (Lipinski definition) is 8. The maximum Gasteiger partial charge on any atom is 0.341 e. The Labute approximate surface area is 179 Å². The first-order valence-corrected chi connectivity index (χ1v) is 11.2. The van der Waals surface area contributed by atoms with Crippen LogP contribution >= 0.6 is 11.6 Å². The van der Waals surface area contributed by atoms with Gasteiger partial charge >= 0.3 is 5.97 Å². The lowest BCUT2D eigenvalue weighted by Crippen LogP contribution is -2.55. The fourth-order valence-electron chi connectivity index (χ4n) is 2.97. The fraction of sp³-hybridized carbons (Fsp3) is 0.316. The molecule has 0 spiro atoms. The number of nitrogens with one attached hydrogen (secondary N) is 1. The molecule has 30 heavy (non-hydrogen) atoms. The quantitative estimate of drug-likeness (QED) is 0.605. The molecule has 0 atom stereocenters. The van der Waals surface area contributed by atoms with Gasteiger partial charge in [-0.05, 0) is 12.5 Å². The van der Waals surface area contributed by atoms with E-state index in [1.165, 1.54) is 6.20 Å². The van der Waals surface area contributed by atoms with E-state index < -0.39 is 27.8 Å². The summed E-state index contributed by atoms with van der Waals surface area (Å²) in [5, 5.41) is 0.0797. The van der Waals surface area contributed by atoms with Crippen LogP contribution in [0.15, 0.2) is 36.5 Å². The van der Waals surface area contributed by atoms with Crippen molar-refractivity contribution >= 4 is 45.0 Å². The average molecular weight is 453 g/mol. The summed E-state index contributed by atoms with van der Waals surface area (Å²) in [5.74, 6) is -1.72. The van der Waals surface area contributed by atoms with Gasteiger partial charge in [-0.2, -0.15) is 0 Å². The Morgan fingerprint density at radius 3 is 2.60 bits per heavy atom. The molecule has 1 aromatic carbocycles. The van der Waals surface area contributed by atoms with E-state index >= 15 is 0 Å². The molecule has 0 unspecified atom stereocenters. The number of carbonyl (C=O) groups is 2. The molecule has 1 saturated heterocycles. The van der Waals surface area contributed by atoms with Gasteiger partial charge in [0.15, 0.2) is 0 Å². The molecule has 1 fully saturated rings. The molecule has 1 aromatic heterocycles. The van der Waals surface area contributed by atoms with E-state index in [9.17, 15) is 18.0 Å². The van der Waals surface area contributed by atoms with Crippen LogP contribution in [0.2, 0.25) is 5.02 Å². The van der Waals surface area contributed by atoms with Gasteiger partial charge in [-0.3, -0.25) is 9.52 Å². The molecule has 0 aliphatic carbocycles. The minimum absolute atomic E-state index is 0.0402. The van der Waals surface area contributed by atoms with Gasteiger partial charge in [-0.1, -0.05) is 41.9 Å². The summed E-state index contributed by atoms with van der Waals surface area (Å²) in [5.41, 5.74) is 6.61. The fourth-order valence-corrected chi connectivity index (χ4v) is 4.41. The van der Waals surface area contributed by atoms with Crippen molar-refractivity contribution in [2.24, 2.45) is 5.92 Å². The van der Waals surface area contributed by atoms with Gasteiger partial charge in [0.1, 0.15) is 16.4 Å². The zero-order valence-corrected chi connectivity index (χ0v) is 17.7. The van der Waals surface area contributed by atoms with Gasteiger partial charge in [-0.25, -0.2) is 18.2 Å². The van der Waals surface area contributed by atoms with Crippen molar-refractivity contribution in [1.29, 1.82) is 0 Å². The minimum Gasteiger partial charge on any atom is -0.462 e. The largest absolute Gasteiger partial charge is 0.462 e. The molecule has 1 amide bonds. The smallest absolute Gasteiger partial charge is 0.341 e. The van der Waals surface area contributed by atoms with Crippen molar-refractivity contribution in [2.45, 2.75) is 12.7 Å². The van der Waals surface area contributed by atoms with Crippen LogP contribution in [0, 0.1) is 5.92 Å². The summed E-state index contributed by atoms with van der Waals surface area (Å²) < 4.78 is 31.5. The maximum absolute atomic E-state index is 12.3. The number of amides is 1. The molecule has 3 rings (SSSR count). The van der Waals surface area contributed by atoms with Crippen molar-refractivity contribution in [1.82, 2.24) is 9.71 Å². The molecule has 2 heterocycles. The van der Waals surface area contributed by atoms with Crippen LogP contribution in [0.25, 0.3) is 0 Å². The summed E-state index contributed by atoms with van der Waals surface area (Å²) in [4.78, 5) is 30.0. The Bertz CT molecular complexity index is 1060. The molecule has 1 aliphatic heterocycles. The van der Waals surface area contributed by atoms with E-state index in [1.807, 2.05) is 0 Å². The molecule has 11 heteroatoms. The van der Waals surface area contributed by atoms with Crippen LogP contribution < -0.4 is 15.4 Å². The van der Waals surface area contributed by atoms with Crippen molar-refractivity contribution in [3.05, 3.63) is 52.7 Å². The van der Waals surface area contributed by atoms with E-state index in [-0.39, 0.29) is 41.7 Å². The number of aromatic nitrogens is 1. The molecule has 0 bridgehead atoms. The molecule has 3 N–H and O–H groups in total. The van der Waals surface area contributed by atoms with E-state index in [0.29, 0.717) is 11.4 Å². The normalized spacial score (nSPS) is 14.1. The Morgan fingerprint density at radius 1 is 1.30 bits per heavy atom. The van der Waals surface area contributed by atoms with Crippen molar-refractivity contribution < 1.29 is 22.7 Å². The molecule has 1 aliphatic rings. The molecule has 0 saturated carbocycles. The monoisotopic (exact) mass is 452 g/mol. The second-order valence-electron chi connectivity index (χ2n) is 6.76. The third kappa shape index (κ3) is 4.82. The number of hydrogen-bond donors (Lipinski definition) is 2. The number of benzene rings is 1. The van der Waals surface area contributed by atoms with Gasteiger partial charge in [0.2, 0.25) is 15.9 Å². The predicted octanol–water partition coefficient (Wildman–Crippen LogP) is 1.58. The summed E-state index contributed by atoms with van der Waals surface area (Å²) in [6, 6.07) is 8.58. The van der Waals surface area contributed by atoms with Gasteiger partial charge < -0.3 is 15.4 Å². The van der Waals surface area contributed by atoms with Crippen molar-refractivity contribution in [3.8, 4) is 0 Å². The number of ether oxygens (including phenoxy) is 1. The zero-order chi connectivity index (χ0) is 21.9. The van der Waals surface area contributed by atoms with E-state index in [1.54, 1.807) is 42.2 Å². The molecule has 2 aromatic rings. The summed E-state index contributed by atoms with van der Waals surface area (Å²) in [6.07, 6.45) is 1.27. The topological polar surface area (TPSA) is 132 Å². The van der Waals surface area contributed by atoms with Crippen molar-refractivity contribution in [3.63, 3.8) is 0 Å². The number of nitrogen functional groups attached to an aromatic ring is 1. The lowest BCUT2D eigenvalue weighted by atomic mass is 9.99. The van der Waals surface area contributed by atoms with Crippen LogP contribution in [-0.4, -0.2) is 45.0 Å². The average Bonchev–Trinajstić information content (AvgIpc) is 2.64. The molecule has 160 valence electrons. The summed E-state index contributed by atoms with van der Waals surface area (Å²) in [7, 11) is -3.80. The Kier molecular flexibility index (Phi) is 6.47. The second-order valence-corrected chi connectivity index (χ2v) is 8.86. The van der Waals surface area contributed by atoms with Gasteiger partial charge in [0, 0.05) is 19.3 Å². The van der Waals surface area contributed by atoms with Crippen LogP contribution in [0.3, 0.4) is 0 Å². The van der Waals surface area contributed by atoms with Gasteiger partial charge in [0.25, 0.3) is 0 Å². The third-order valence-electron chi connectivity index (χ3n) is 4.54. The second kappa shape index (κ2) is 8.88. The highest BCUT2D eigenvalue weighted by Crippen LogP contribution is 2.35. The SMILES string of the molecule is CCOC(=O)c1cnc(N2CC(C(=O)NS(=O)(=O)Cc3ccccc3)C2)c(Cl)c1N. The maximum atomic E-state index is 12.3. The number of nitrogens with two attached hydrogens (primary N) is 1. The molecule has 0 radical (unpaired) electrons. The first-order chi connectivity index (χ1) is 14.2. The summed E-state index contributed by atoms with van der Waals surface area (Å²) in [6.45, 7) is 2.30. The number of anilines is 2. The predicted molar refractivity (Wildman–Crippen MR) is 113 cm³/mol. The van der Waals surface area contributed by atoms with Crippen LogP contribution in [-0.2, 0) is 25.3 Å². The van der Waals surface area contributed by atoms with E-state index in [4.69, 9.17) is 22.1 Å². The number of halogens is 1. The lowest BCUT2D eigenvalue weighted by molar-refractivity contribution is -0.123. The van der Waals surface area contributed by atoms with Crippen LogP contribution in [0.5, 0.6) is 0 Å². The first kappa shape index (κ1) is 21.8. The number of carbonyl (C=O) groups excluding carboxylic acids is 2. The Hall–Kier alpha value is -2.85. The number of rotatable bonds is 7. The van der Waals surface area contributed by atoms with E-state index in [2.05, 4.69) is 9.71 Å². The van der Waals surface area contributed by atoms with Crippen LogP contribution in [0.4, 0.5) is 11.5 Å².